The lowest BCUT2D eigenvalue weighted by atomic mass is 10.1. The second-order valence-electron chi connectivity index (χ2n) is 8.01. The molecule has 1 fully saturated rings. The van der Waals surface area contributed by atoms with Crippen LogP contribution in [0.4, 0.5) is 0 Å². The van der Waals surface area contributed by atoms with Crippen LogP contribution in [0.25, 0.3) is 0 Å². The highest BCUT2D eigenvalue weighted by atomic mass is 16.5. The lowest BCUT2D eigenvalue weighted by Gasteiger charge is -2.16. The van der Waals surface area contributed by atoms with Gasteiger partial charge in [0.05, 0.1) is 12.5 Å². The molecule has 0 aliphatic carbocycles. The van der Waals surface area contributed by atoms with Crippen LogP contribution in [0.1, 0.15) is 83.1 Å². The van der Waals surface area contributed by atoms with Gasteiger partial charge in [0.25, 0.3) is 0 Å². The first-order valence-electron chi connectivity index (χ1n) is 11.2. The zero-order chi connectivity index (χ0) is 20.0. The third kappa shape index (κ3) is 8.45. The Morgan fingerprint density at radius 2 is 1.57 bits per heavy atom. The highest BCUT2D eigenvalue weighted by molar-refractivity contribution is 5.86. The summed E-state index contributed by atoms with van der Waals surface area (Å²) in [6.07, 6.45) is 12.9. The first-order chi connectivity index (χ1) is 13.7. The van der Waals surface area contributed by atoms with Crippen LogP contribution in [0, 0.1) is 5.92 Å². The molecule has 1 saturated heterocycles. The van der Waals surface area contributed by atoms with Gasteiger partial charge in [0.15, 0.2) is 0 Å². The first-order valence-corrected chi connectivity index (χ1v) is 11.2. The number of benzene rings is 1. The van der Waals surface area contributed by atoms with Gasteiger partial charge in [-0.2, -0.15) is 0 Å². The summed E-state index contributed by atoms with van der Waals surface area (Å²) in [6, 6.07) is 9.90. The predicted molar refractivity (Wildman–Crippen MR) is 113 cm³/mol. The molecule has 1 atom stereocenters. The predicted octanol–water partition coefficient (Wildman–Crippen LogP) is 5.50. The summed E-state index contributed by atoms with van der Waals surface area (Å²) < 4.78 is 5.43. The van der Waals surface area contributed by atoms with Crippen molar-refractivity contribution in [2.24, 2.45) is 5.92 Å². The Kier molecular flexibility index (Phi) is 10.7. The fourth-order valence-electron chi connectivity index (χ4n) is 3.77. The number of likely N-dealkylation sites (tertiary alicyclic amines) is 1. The van der Waals surface area contributed by atoms with Gasteiger partial charge in [-0.25, -0.2) is 0 Å². The zero-order valence-corrected chi connectivity index (χ0v) is 17.5. The molecule has 0 spiro atoms. The normalized spacial score (nSPS) is 16.5. The van der Waals surface area contributed by atoms with Gasteiger partial charge in [-0.15, -0.1) is 0 Å². The SMILES string of the molecule is CCCCCCCCCCCCOC(=O)C1CC(=O)N(Cc2ccccc2)C1. The third-order valence-corrected chi connectivity index (χ3v) is 5.51. The molecule has 28 heavy (non-hydrogen) atoms. The third-order valence-electron chi connectivity index (χ3n) is 5.51. The topological polar surface area (TPSA) is 46.6 Å². The average Bonchev–Trinajstić information content (AvgIpc) is 3.07. The number of esters is 1. The van der Waals surface area contributed by atoms with E-state index in [1.165, 1.54) is 51.4 Å². The quantitative estimate of drug-likeness (QED) is 0.313. The van der Waals surface area contributed by atoms with E-state index < -0.39 is 0 Å². The minimum atomic E-state index is -0.306. The molecule has 0 N–H and O–H groups in total. The van der Waals surface area contributed by atoms with Crippen LogP contribution in [0.15, 0.2) is 30.3 Å². The Labute approximate surface area is 170 Å². The van der Waals surface area contributed by atoms with Crippen molar-refractivity contribution in [2.75, 3.05) is 13.2 Å². The molecule has 1 aliphatic heterocycles. The Hall–Kier alpha value is -1.84. The second kappa shape index (κ2) is 13.4. The van der Waals surface area contributed by atoms with Crippen molar-refractivity contribution in [1.82, 2.24) is 4.90 Å². The lowest BCUT2D eigenvalue weighted by molar-refractivity contribution is -0.148. The summed E-state index contributed by atoms with van der Waals surface area (Å²) in [5, 5.41) is 0. The molecule has 0 saturated carbocycles. The van der Waals surface area contributed by atoms with E-state index in [2.05, 4.69) is 6.92 Å². The molecule has 1 amide bonds. The van der Waals surface area contributed by atoms with Gasteiger partial charge < -0.3 is 9.64 Å². The fraction of sp³-hybridized carbons (Fsp3) is 0.667. The van der Waals surface area contributed by atoms with Crippen molar-refractivity contribution in [1.29, 1.82) is 0 Å². The standard InChI is InChI=1S/C24H37NO3/c1-2-3-4-5-6-7-8-9-10-14-17-28-24(27)22-18-23(26)25(20-22)19-21-15-12-11-13-16-21/h11-13,15-16,22H,2-10,14,17-20H2,1H3. The molecule has 0 radical (unpaired) electrons. The number of ether oxygens (including phenoxy) is 1. The molecule has 1 aromatic rings. The van der Waals surface area contributed by atoms with E-state index in [4.69, 9.17) is 4.74 Å². The Balaban J connectivity index is 1.51. The van der Waals surface area contributed by atoms with E-state index in [-0.39, 0.29) is 24.2 Å². The van der Waals surface area contributed by atoms with Crippen LogP contribution in [0.2, 0.25) is 0 Å². The number of hydrogen-bond donors (Lipinski definition) is 0. The summed E-state index contributed by atoms with van der Waals surface area (Å²) >= 11 is 0. The molecular formula is C24H37NO3. The van der Waals surface area contributed by atoms with Gasteiger partial charge >= 0.3 is 5.97 Å². The zero-order valence-electron chi connectivity index (χ0n) is 17.5. The molecule has 1 unspecified atom stereocenters. The van der Waals surface area contributed by atoms with Crippen LogP contribution < -0.4 is 0 Å². The van der Waals surface area contributed by atoms with E-state index in [0.717, 1.165) is 18.4 Å². The number of hydrogen-bond acceptors (Lipinski definition) is 3. The van der Waals surface area contributed by atoms with Gasteiger partial charge in [-0.05, 0) is 12.0 Å². The Bertz CT molecular complexity index is 572. The lowest BCUT2D eigenvalue weighted by Crippen LogP contribution is -2.26. The van der Waals surface area contributed by atoms with Crippen molar-refractivity contribution in [2.45, 2.75) is 84.1 Å². The minimum Gasteiger partial charge on any atom is -0.465 e. The van der Waals surface area contributed by atoms with E-state index >= 15 is 0 Å². The van der Waals surface area contributed by atoms with E-state index in [0.29, 0.717) is 19.7 Å². The molecule has 2 rings (SSSR count). The van der Waals surface area contributed by atoms with Crippen LogP contribution in [0.5, 0.6) is 0 Å². The number of nitrogens with zero attached hydrogens (tertiary/aromatic N) is 1. The van der Waals surface area contributed by atoms with Gasteiger partial charge in [-0.1, -0.05) is 95.0 Å². The van der Waals surface area contributed by atoms with Gasteiger partial charge in [-0.3, -0.25) is 9.59 Å². The monoisotopic (exact) mass is 387 g/mol. The molecule has 4 heteroatoms. The van der Waals surface area contributed by atoms with E-state index in [1.54, 1.807) is 4.90 Å². The molecule has 156 valence electrons. The van der Waals surface area contributed by atoms with Gasteiger partial charge in [0.2, 0.25) is 5.91 Å². The average molecular weight is 388 g/mol. The molecule has 0 bridgehead atoms. The summed E-state index contributed by atoms with van der Waals surface area (Å²) in [4.78, 5) is 26.2. The molecule has 1 heterocycles. The summed E-state index contributed by atoms with van der Waals surface area (Å²) in [5.74, 6) is -0.469. The van der Waals surface area contributed by atoms with Crippen LogP contribution in [0.3, 0.4) is 0 Å². The van der Waals surface area contributed by atoms with E-state index in [1.807, 2.05) is 30.3 Å². The molecular weight excluding hydrogens is 350 g/mol. The molecule has 1 aromatic carbocycles. The highest BCUT2D eigenvalue weighted by Gasteiger charge is 2.35. The van der Waals surface area contributed by atoms with E-state index in [9.17, 15) is 9.59 Å². The van der Waals surface area contributed by atoms with Crippen LogP contribution >= 0.6 is 0 Å². The largest absolute Gasteiger partial charge is 0.465 e. The van der Waals surface area contributed by atoms with Crippen molar-refractivity contribution in [3.05, 3.63) is 35.9 Å². The smallest absolute Gasteiger partial charge is 0.311 e. The highest BCUT2D eigenvalue weighted by Crippen LogP contribution is 2.21. The fourth-order valence-corrected chi connectivity index (χ4v) is 3.77. The maximum absolute atomic E-state index is 12.2. The first kappa shape index (κ1) is 22.4. The molecule has 4 nitrogen and oxygen atoms in total. The second-order valence-corrected chi connectivity index (χ2v) is 8.01. The maximum atomic E-state index is 12.2. The van der Waals surface area contributed by atoms with Crippen LogP contribution in [-0.2, 0) is 20.9 Å². The number of amides is 1. The van der Waals surface area contributed by atoms with Crippen molar-refractivity contribution >= 4 is 11.9 Å². The summed E-state index contributed by atoms with van der Waals surface area (Å²) in [5.41, 5.74) is 1.09. The van der Waals surface area contributed by atoms with Crippen molar-refractivity contribution in [3.8, 4) is 0 Å². The summed E-state index contributed by atoms with van der Waals surface area (Å²) in [7, 11) is 0. The van der Waals surface area contributed by atoms with Crippen molar-refractivity contribution in [3.63, 3.8) is 0 Å². The number of unbranched alkanes of at least 4 members (excludes halogenated alkanes) is 9. The Morgan fingerprint density at radius 1 is 0.964 bits per heavy atom. The Morgan fingerprint density at radius 3 is 2.21 bits per heavy atom. The number of carbonyl (C=O) groups is 2. The molecule has 1 aliphatic rings. The maximum Gasteiger partial charge on any atom is 0.311 e. The number of carbonyl (C=O) groups excluding carboxylic acids is 2. The summed E-state index contributed by atoms with van der Waals surface area (Å²) in [6.45, 7) is 3.78. The van der Waals surface area contributed by atoms with Gasteiger partial charge in [0.1, 0.15) is 0 Å². The van der Waals surface area contributed by atoms with Gasteiger partial charge in [0, 0.05) is 19.5 Å². The van der Waals surface area contributed by atoms with Crippen LogP contribution in [-0.4, -0.2) is 29.9 Å². The minimum absolute atomic E-state index is 0.0461. The van der Waals surface area contributed by atoms with Crippen molar-refractivity contribution < 1.29 is 14.3 Å². The molecule has 0 aromatic heterocycles. The number of rotatable bonds is 14.